The highest BCUT2D eigenvalue weighted by molar-refractivity contribution is 6.00. The molecule has 152 valence electrons. The average Bonchev–Trinajstić information content (AvgIpc) is 3.13. The molecule has 0 aliphatic carbocycles. The standard InChI is InChI=1S/C20H31N7O/c1-13(2)26-18(21-12-16-9-7-6-8-10-16)17-19(24-25-23-17)27(14(3)4)20(26)22-11-15(5)28/h6-10,13-15,20-22,28H,11-12H2,1-5H3. The number of hydrogen-bond acceptors (Lipinski definition) is 8. The van der Waals surface area contributed by atoms with Crippen molar-refractivity contribution in [2.75, 3.05) is 6.54 Å². The number of benzene rings is 1. The van der Waals surface area contributed by atoms with Crippen LogP contribution in [0.5, 0.6) is 0 Å². The highest BCUT2D eigenvalue weighted by Gasteiger charge is 2.42. The summed E-state index contributed by atoms with van der Waals surface area (Å²) in [5.74, 6) is 1.66. The molecule has 2 aliphatic heterocycles. The Bertz CT molecular complexity index is 755. The summed E-state index contributed by atoms with van der Waals surface area (Å²) < 4.78 is 0. The zero-order valence-corrected chi connectivity index (χ0v) is 17.3. The van der Waals surface area contributed by atoms with E-state index >= 15 is 0 Å². The number of nitrogens with one attached hydrogen (secondary N) is 2. The lowest BCUT2D eigenvalue weighted by Crippen LogP contribution is -2.66. The van der Waals surface area contributed by atoms with Gasteiger partial charge in [-0.3, -0.25) is 5.32 Å². The topological polar surface area (TPSA) is 87.8 Å². The van der Waals surface area contributed by atoms with Crippen LogP contribution in [0.1, 0.15) is 40.2 Å². The molecule has 1 aromatic carbocycles. The van der Waals surface area contributed by atoms with E-state index in [9.17, 15) is 5.11 Å². The zero-order chi connectivity index (χ0) is 20.3. The summed E-state index contributed by atoms with van der Waals surface area (Å²) in [6.45, 7) is 11.5. The summed E-state index contributed by atoms with van der Waals surface area (Å²) in [5.41, 5.74) is 1.95. The van der Waals surface area contributed by atoms with Crippen LogP contribution in [0.15, 0.2) is 57.3 Å². The van der Waals surface area contributed by atoms with Crippen LogP contribution in [0.4, 0.5) is 0 Å². The van der Waals surface area contributed by atoms with Gasteiger partial charge in [0.1, 0.15) is 5.82 Å². The average molecular weight is 386 g/mol. The van der Waals surface area contributed by atoms with E-state index in [2.05, 4.69) is 75.7 Å². The van der Waals surface area contributed by atoms with Crippen molar-refractivity contribution in [3.05, 3.63) is 47.4 Å². The van der Waals surface area contributed by atoms with Crippen LogP contribution in [0, 0.1) is 0 Å². The molecule has 2 heterocycles. The first-order valence-corrected chi connectivity index (χ1v) is 9.89. The maximum atomic E-state index is 9.84. The molecule has 0 aromatic heterocycles. The second kappa shape index (κ2) is 8.70. The van der Waals surface area contributed by atoms with Crippen molar-refractivity contribution in [3.63, 3.8) is 0 Å². The SMILES string of the molecule is CC(O)CNC1N(C(C)C)C2=NN=NC2=C(NCc2ccccc2)N1C(C)C. The number of fused-ring (bicyclic) bond motifs is 1. The summed E-state index contributed by atoms with van der Waals surface area (Å²) >= 11 is 0. The van der Waals surface area contributed by atoms with E-state index in [4.69, 9.17) is 0 Å². The second-order valence-corrected chi connectivity index (χ2v) is 7.78. The number of amidine groups is 1. The van der Waals surface area contributed by atoms with Crippen LogP contribution >= 0.6 is 0 Å². The number of aliphatic hydroxyl groups is 1. The fourth-order valence-corrected chi connectivity index (χ4v) is 3.52. The van der Waals surface area contributed by atoms with Crippen LogP contribution < -0.4 is 10.6 Å². The van der Waals surface area contributed by atoms with Crippen molar-refractivity contribution in [1.82, 2.24) is 20.4 Å². The molecule has 0 bridgehead atoms. The van der Waals surface area contributed by atoms with Crippen molar-refractivity contribution in [2.24, 2.45) is 15.4 Å². The molecular weight excluding hydrogens is 354 g/mol. The third-order valence-corrected chi connectivity index (χ3v) is 4.76. The number of aliphatic hydroxyl groups excluding tert-OH is 1. The van der Waals surface area contributed by atoms with Gasteiger partial charge in [0.15, 0.2) is 17.8 Å². The third-order valence-electron chi connectivity index (χ3n) is 4.76. The Morgan fingerprint density at radius 1 is 1.04 bits per heavy atom. The lowest BCUT2D eigenvalue weighted by molar-refractivity contribution is 0.0274. The van der Waals surface area contributed by atoms with E-state index in [1.54, 1.807) is 6.92 Å². The largest absolute Gasteiger partial charge is 0.392 e. The molecule has 0 saturated heterocycles. The van der Waals surface area contributed by atoms with Gasteiger partial charge in [0.05, 0.1) is 6.10 Å². The first-order chi connectivity index (χ1) is 13.4. The highest BCUT2D eigenvalue weighted by atomic mass is 16.3. The number of rotatable bonds is 8. The first-order valence-electron chi connectivity index (χ1n) is 9.89. The van der Waals surface area contributed by atoms with Crippen molar-refractivity contribution in [1.29, 1.82) is 0 Å². The fourth-order valence-electron chi connectivity index (χ4n) is 3.52. The summed E-state index contributed by atoms with van der Waals surface area (Å²) in [4.78, 5) is 4.43. The highest BCUT2D eigenvalue weighted by Crippen LogP contribution is 2.31. The van der Waals surface area contributed by atoms with Crippen LogP contribution in [-0.2, 0) is 6.54 Å². The Hall–Kier alpha value is -2.45. The van der Waals surface area contributed by atoms with Crippen molar-refractivity contribution in [3.8, 4) is 0 Å². The van der Waals surface area contributed by atoms with Gasteiger partial charge in [-0.05, 0) is 45.4 Å². The quantitative estimate of drug-likeness (QED) is 0.640. The van der Waals surface area contributed by atoms with Gasteiger partial charge in [-0.1, -0.05) is 30.3 Å². The van der Waals surface area contributed by atoms with E-state index in [1.807, 2.05) is 18.2 Å². The molecule has 0 radical (unpaired) electrons. The molecular formula is C20H31N7O. The second-order valence-electron chi connectivity index (χ2n) is 7.78. The van der Waals surface area contributed by atoms with Crippen LogP contribution in [0.25, 0.3) is 0 Å². The maximum Gasteiger partial charge on any atom is 0.187 e. The maximum absolute atomic E-state index is 9.84. The molecule has 3 N–H and O–H groups in total. The van der Waals surface area contributed by atoms with Gasteiger partial charge in [0.25, 0.3) is 0 Å². The summed E-state index contributed by atoms with van der Waals surface area (Å²) in [6.07, 6.45) is -0.618. The minimum atomic E-state index is -0.450. The van der Waals surface area contributed by atoms with Gasteiger partial charge in [0.2, 0.25) is 0 Å². The predicted octanol–water partition coefficient (Wildman–Crippen LogP) is 2.41. The molecule has 2 unspecified atom stereocenters. The first kappa shape index (κ1) is 20.3. The van der Waals surface area contributed by atoms with Gasteiger partial charge in [-0.2, -0.15) is 0 Å². The van der Waals surface area contributed by atoms with Crippen LogP contribution in [0.2, 0.25) is 0 Å². The lowest BCUT2D eigenvalue weighted by Gasteiger charge is -2.50. The van der Waals surface area contributed by atoms with E-state index in [-0.39, 0.29) is 18.4 Å². The smallest absolute Gasteiger partial charge is 0.187 e. The number of nitrogens with zero attached hydrogens (tertiary/aromatic N) is 5. The zero-order valence-electron chi connectivity index (χ0n) is 17.3. The molecule has 0 spiro atoms. The lowest BCUT2D eigenvalue weighted by atomic mass is 10.1. The molecule has 8 nitrogen and oxygen atoms in total. The molecule has 0 saturated carbocycles. The Labute approximate surface area is 167 Å². The summed E-state index contributed by atoms with van der Waals surface area (Å²) in [6, 6.07) is 10.6. The molecule has 0 fully saturated rings. The Balaban J connectivity index is 1.97. The number of hydrogen-bond donors (Lipinski definition) is 3. The molecule has 8 heteroatoms. The Kier molecular flexibility index (Phi) is 6.31. The van der Waals surface area contributed by atoms with Crippen molar-refractivity contribution in [2.45, 2.75) is 65.6 Å². The Morgan fingerprint density at radius 3 is 2.32 bits per heavy atom. The molecule has 0 amide bonds. The summed E-state index contributed by atoms with van der Waals surface area (Å²) in [5, 5.41) is 29.5. The van der Waals surface area contributed by atoms with E-state index in [1.165, 1.54) is 5.56 Å². The van der Waals surface area contributed by atoms with Gasteiger partial charge >= 0.3 is 0 Å². The van der Waals surface area contributed by atoms with E-state index in [0.29, 0.717) is 13.1 Å². The Morgan fingerprint density at radius 2 is 1.71 bits per heavy atom. The van der Waals surface area contributed by atoms with Gasteiger partial charge in [0, 0.05) is 25.2 Å². The van der Waals surface area contributed by atoms with Crippen molar-refractivity contribution >= 4 is 5.84 Å². The normalized spacial score (nSPS) is 20.1. The minimum Gasteiger partial charge on any atom is -0.392 e. The van der Waals surface area contributed by atoms with Crippen LogP contribution in [-0.4, -0.2) is 51.8 Å². The van der Waals surface area contributed by atoms with E-state index < -0.39 is 6.10 Å². The van der Waals surface area contributed by atoms with Crippen molar-refractivity contribution < 1.29 is 5.11 Å². The molecule has 3 rings (SSSR count). The van der Waals surface area contributed by atoms with Gasteiger partial charge in [-0.15, -0.1) is 10.2 Å². The molecule has 28 heavy (non-hydrogen) atoms. The summed E-state index contributed by atoms with van der Waals surface area (Å²) in [7, 11) is 0. The minimum absolute atomic E-state index is 0.168. The monoisotopic (exact) mass is 385 g/mol. The molecule has 1 aromatic rings. The van der Waals surface area contributed by atoms with E-state index in [0.717, 1.165) is 17.4 Å². The molecule has 2 aliphatic rings. The van der Waals surface area contributed by atoms with Crippen LogP contribution in [0.3, 0.4) is 0 Å². The molecule has 2 atom stereocenters. The third kappa shape index (κ3) is 4.18. The fraction of sp³-hybridized carbons (Fsp3) is 0.550. The predicted molar refractivity (Wildman–Crippen MR) is 110 cm³/mol. The van der Waals surface area contributed by atoms with Gasteiger partial charge in [-0.25, -0.2) is 0 Å². The van der Waals surface area contributed by atoms with Gasteiger partial charge < -0.3 is 20.2 Å².